The fourth-order valence-corrected chi connectivity index (χ4v) is 1.42. The minimum absolute atomic E-state index is 0.267. The van der Waals surface area contributed by atoms with Gasteiger partial charge in [-0.2, -0.15) is 0 Å². The van der Waals surface area contributed by atoms with E-state index in [0.29, 0.717) is 6.61 Å². The quantitative estimate of drug-likeness (QED) is 0.817. The van der Waals surface area contributed by atoms with Gasteiger partial charge in [0.25, 0.3) is 0 Å². The average molecular weight is 238 g/mol. The smallest absolute Gasteiger partial charge is 0.134 e. The molecule has 0 unspecified atom stereocenters. The number of hydrogen-bond acceptors (Lipinski definition) is 5. The third-order valence-electron chi connectivity index (χ3n) is 2.35. The lowest BCUT2D eigenvalue weighted by molar-refractivity contribution is 0.0845. The van der Waals surface area contributed by atoms with Gasteiger partial charge in [-0.3, -0.25) is 0 Å². The van der Waals surface area contributed by atoms with Gasteiger partial charge in [0.05, 0.1) is 12.7 Å². The molecule has 0 aromatic carbocycles. The molecule has 0 amide bonds. The molecule has 1 rings (SSSR count). The molecule has 0 aliphatic carbocycles. The van der Waals surface area contributed by atoms with Crippen LogP contribution in [0, 0.1) is 6.92 Å². The SMILES string of the molecule is CNc1cc(N(C)CCOC(C)C)nc(C)n1. The summed E-state index contributed by atoms with van der Waals surface area (Å²) in [5, 5.41) is 3.03. The van der Waals surface area contributed by atoms with Crippen molar-refractivity contribution in [2.45, 2.75) is 26.9 Å². The van der Waals surface area contributed by atoms with E-state index >= 15 is 0 Å². The van der Waals surface area contributed by atoms with Crippen molar-refractivity contribution in [2.75, 3.05) is 37.5 Å². The highest BCUT2D eigenvalue weighted by Gasteiger charge is 2.06. The van der Waals surface area contributed by atoms with Gasteiger partial charge in [0.1, 0.15) is 17.5 Å². The number of anilines is 2. The Bertz CT molecular complexity index is 354. The second-order valence-electron chi connectivity index (χ2n) is 4.25. The molecule has 1 N–H and O–H groups in total. The molecule has 0 aliphatic heterocycles. The molecule has 0 aliphatic rings. The van der Waals surface area contributed by atoms with Crippen LogP contribution in [0.1, 0.15) is 19.7 Å². The normalized spacial score (nSPS) is 10.7. The first-order chi connectivity index (χ1) is 8.02. The van der Waals surface area contributed by atoms with Crippen LogP contribution in [-0.2, 0) is 4.74 Å². The maximum Gasteiger partial charge on any atom is 0.134 e. The molecular formula is C12H22N4O. The monoisotopic (exact) mass is 238 g/mol. The zero-order valence-corrected chi connectivity index (χ0v) is 11.3. The molecule has 0 atom stereocenters. The molecule has 0 spiro atoms. The van der Waals surface area contributed by atoms with Crippen LogP contribution in [0.5, 0.6) is 0 Å². The maximum atomic E-state index is 5.52. The lowest BCUT2D eigenvalue weighted by Gasteiger charge is -2.19. The number of aryl methyl sites for hydroxylation is 1. The first kappa shape index (κ1) is 13.7. The molecule has 0 fully saturated rings. The highest BCUT2D eigenvalue weighted by molar-refractivity contribution is 5.48. The minimum atomic E-state index is 0.267. The summed E-state index contributed by atoms with van der Waals surface area (Å²) in [4.78, 5) is 10.7. The molecule has 17 heavy (non-hydrogen) atoms. The van der Waals surface area contributed by atoms with Gasteiger partial charge in [-0.25, -0.2) is 9.97 Å². The van der Waals surface area contributed by atoms with E-state index in [4.69, 9.17) is 4.74 Å². The summed E-state index contributed by atoms with van der Waals surface area (Å²) in [5.74, 6) is 2.52. The van der Waals surface area contributed by atoms with E-state index in [2.05, 4.69) is 20.2 Å². The molecule has 1 heterocycles. The predicted molar refractivity (Wildman–Crippen MR) is 70.7 cm³/mol. The van der Waals surface area contributed by atoms with Crippen LogP contribution in [0.25, 0.3) is 0 Å². The van der Waals surface area contributed by atoms with Crippen LogP contribution >= 0.6 is 0 Å². The van der Waals surface area contributed by atoms with Crippen molar-refractivity contribution in [2.24, 2.45) is 0 Å². The highest BCUT2D eigenvalue weighted by Crippen LogP contribution is 2.13. The predicted octanol–water partition coefficient (Wildman–Crippen LogP) is 1.69. The third kappa shape index (κ3) is 4.56. The third-order valence-corrected chi connectivity index (χ3v) is 2.35. The fourth-order valence-electron chi connectivity index (χ4n) is 1.42. The molecule has 5 heteroatoms. The molecule has 1 aromatic rings. The summed E-state index contributed by atoms with van der Waals surface area (Å²) in [6.07, 6.45) is 0.267. The largest absolute Gasteiger partial charge is 0.377 e. The molecule has 5 nitrogen and oxygen atoms in total. The Morgan fingerprint density at radius 3 is 2.71 bits per heavy atom. The molecule has 0 bridgehead atoms. The van der Waals surface area contributed by atoms with Gasteiger partial charge in [0.15, 0.2) is 0 Å². The van der Waals surface area contributed by atoms with Crippen molar-refractivity contribution < 1.29 is 4.74 Å². The van der Waals surface area contributed by atoms with Crippen molar-refractivity contribution in [3.05, 3.63) is 11.9 Å². The van der Waals surface area contributed by atoms with Gasteiger partial charge in [0, 0.05) is 26.7 Å². The zero-order valence-electron chi connectivity index (χ0n) is 11.3. The number of aromatic nitrogens is 2. The Morgan fingerprint density at radius 2 is 2.12 bits per heavy atom. The maximum absolute atomic E-state index is 5.52. The number of ether oxygens (including phenoxy) is 1. The molecule has 0 saturated heterocycles. The van der Waals surface area contributed by atoms with Gasteiger partial charge < -0.3 is 15.0 Å². The number of likely N-dealkylation sites (N-methyl/N-ethyl adjacent to an activating group) is 1. The molecule has 96 valence electrons. The van der Waals surface area contributed by atoms with Crippen LogP contribution in [0.15, 0.2) is 6.07 Å². The standard InChI is InChI=1S/C12H22N4O/c1-9(2)17-7-6-16(5)12-8-11(13-4)14-10(3)15-12/h8-9H,6-7H2,1-5H3,(H,13,14,15). The van der Waals surface area contributed by atoms with Crippen molar-refractivity contribution in [3.8, 4) is 0 Å². The van der Waals surface area contributed by atoms with Crippen molar-refractivity contribution in [1.29, 1.82) is 0 Å². The lowest BCUT2D eigenvalue weighted by atomic mass is 10.4. The Hall–Kier alpha value is -1.36. The summed E-state index contributed by atoms with van der Waals surface area (Å²) < 4.78 is 5.52. The van der Waals surface area contributed by atoms with E-state index in [-0.39, 0.29) is 6.10 Å². The van der Waals surface area contributed by atoms with E-state index < -0.39 is 0 Å². The number of rotatable bonds is 6. The van der Waals surface area contributed by atoms with Crippen molar-refractivity contribution in [3.63, 3.8) is 0 Å². The van der Waals surface area contributed by atoms with Gasteiger partial charge in [-0.15, -0.1) is 0 Å². The highest BCUT2D eigenvalue weighted by atomic mass is 16.5. The van der Waals surface area contributed by atoms with E-state index in [1.54, 1.807) is 0 Å². The van der Waals surface area contributed by atoms with E-state index in [0.717, 1.165) is 24.0 Å². The lowest BCUT2D eigenvalue weighted by Crippen LogP contribution is -2.25. The topological polar surface area (TPSA) is 50.3 Å². The number of hydrogen-bond donors (Lipinski definition) is 1. The van der Waals surface area contributed by atoms with Crippen molar-refractivity contribution in [1.82, 2.24) is 9.97 Å². The second kappa shape index (κ2) is 6.39. The first-order valence-corrected chi connectivity index (χ1v) is 5.89. The van der Waals surface area contributed by atoms with Crippen LogP contribution in [0.4, 0.5) is 11.6 Å². The van der Waals surface area contributed by atoms with Gasteiger partial charge in [-0.05, 0) is 20.8 Å². The molecule has 1 aromatic heterocycles. The minimum Gasteiger partial charge on any atom is -0.377 e. The van der Waals surface area contributed by atoms with Crippen molar-refractivity contribution >= 4 is 11.6 Å². The Labute approximate surface area is 103 Å². The Kier molecular flexibility index (Phi) is 5.15. The Morgan fingerprint density at radius 1 is 1.41 bits per heavy atom. The van der Waals surface area contributed by atoms with E-state index in [1.807, 2.05) is 40.9 Å². The molecule has 0 saturated carbocycles. The van der Waals surface area contributed by atoms with Crippen LogP contribution in [0.2, 0.25) is 0 Å². The van der Waals surface area contributed by atoms with Crippen LogP contribution in [-0.4, -0.2) is 43.3 Å². The van der Waals surface area contributed by atoms with Gasteiger partial charge in [-0.1, -0.05) is 0 Å². The van der Waals surface area contributed by atoms with Crippen LogP contribution in [0.3, 0.4) is 0 Å². The summed E-state index contributed by atoms with van der Waals surface area (Å²) in [7, 11) is 3.86. The Balaban J connectivity index is 2.61. The average Bonchev–Trinajstić information content (AvgIpc) is 2.27. The van der Waals surface area contributed by atoms with Gasteiger partial charge >= 0.3 is 0 Å². The van der Waals surface area contributed by atoms with E-state index in [9.17, 15) is 0 Å². The fraction of sp³-hybridized carbons (Fsp3) is 0.667. The number of nitrogens with zero attached hydrogens (tertiary/aromatic N) is 3. The number of nitrogens with one attached hydrogen (secondary N) is 1. The van der Waals surface area contributed by atoms with Gasteiger partial charge in [0.2, 0.25) is 0 Å². The van der Waals surface area contributed by atoms with E-state index in [1.165, 1.54) is 0 Å². The van der Waals surface area contributed by atoms with Crippen LogP contribution < -0.4 is 10.2 Å². The first-order valence-electron chi connectivity index (χ1n) is 5.89. The molecular weight excluding hydrogens is 216 g/mol. The second-order valence-corrected chi connectivity index (χ2v) is 4.25. The summed E-state index contributed by atoms with van der Waals surface area (Å²) in [6.45, 7) is 7.48. The molecule has 0 radical (unpaired) electrons. The summed E-state index contributed by atoms with van der Waals surface area (Å²) >= 11 is 0. The summed E-state index contributed by atoms with van der Waals surface area (Å²) in [6, 6.07) is 1.93. The summed E-state index contributed by atoms with van der Waals surface area (Å²) in [5.41, 5.74) is 0. The zero-order chi connectivity index (χ0) is 12.8.